The number of carboxylic acid groups (broad SMARTS) is 2. The number of carbonyl (C=O) groups excluding carboxylic acids is 2. The summed E-state index contributed by atoms with van der Waals surface area (Å²) in [5.74, 6) is -2.03. The summed E-state index contributed by atoms with van der Waals surface area (Å²) < 4.78 is 71.1. The highest BCUT2D eigenvalue weighted by molar-refractivity contribution is 6.30. The summed E-state index contributed by atoms with van der Waals surface area (Å²) >= 11 is 11.2. The number of hydrogen-bond acceptors (Lipinski definition) is 6. The molecule has 1 aliphatic heterocycles. The highest BCUT2D eigenvalue weighted by Gasteiger charge is 2.31. The zero-order chi connectivity index (χ0) is 44.1. The van der Waals surface area contributed by atoms with Gasteiger partial charge in [-0.25, -0.2) is 0 Å². The number of hydrogen-bond donors (Lipinski definition) is 4. The molecule has 2 amide bonds. The molecule has 0 atom stereocenters. The molecule has 5 rings (SSSR count). The predicted octanol–water partition coefficient (Wildman–Crippen LogP) is 9.23. The Morgan fingerprint density at radius 1 is 0.552 bits per heavy atom. The molecule has 1 heterocycles. The fourth-order valence-electron chi connectivity index (χ4n) is 4.57. The van der Waals surface area contributed by atoms with Crippen LogP contribution in [0.1, 0.15) is 48.9 Å². The number of benzene rings is 4. The van der Waals surface area contributed by atoms with Crippen LogP contribution in [-0.2, 0) is 44.4 Å². The van der Waals surface area contributed by atoms with Gasteiger partial charge in [-0.3, -0.25) is 19.2 Å². The average Bonchev–Trinajstić information content (AvgIpc) is 3.16. The molecular weight excluding hydrogens is 821 g/mol. The van der Waals surface area contributed by atoms with E-state index < -0.39 is 35.4 Å². The number of phenols is 2. The number of halogens is 8. The van der Waals surface area contributed by atoms with Gasteiger partial charge in [0, 0.05) is 49.1 Å². The van der Waals surface area contributed by atoms with Crippen LogP contribution in [0.15, 0.2) is 97.1 Å². The Morgan fingerprint density at radius 2 is 0.845 bits per heavy atom. The van der Waals surface area contributed by atoms with E-state index in [4.69, 9.17) is 43.6 Å². The summed E-state index contributed by atoms with van der Waals surface area (Å²) in [5.41, 5.74) is -0.140. The van der Waals surface area contributed by atoms with Crippen LogP contribution >= 0.6 is 23.2 Å². The topological polar surface area (TPSA) is 156 Å². The Kier molecular flexibility index (Phi) is 21.8. The lowest BCUT2D eigenvalue weighted by molar-refractivity contribution is -0.139. The monoisotopic (exact) mass is 862 g/mol. The van der Waals surface area contributed by atoms with Gasteiger partial charge in [-0.05, 0) is 71.8 Å². The maximum atomic E-state index is 11.9. The van der Waals surface area contributed by atoms with Crippen LogP contribution in [0.4, 0.5) is 26.3 Å². The second-order valence-electron chi connectivity index (χ2n) is 12.0. The van der Waals surface area contributed by atoms with E-state index in [2.05, 4.69) is 0 Å². The van der Waals surface area contributed by atoms with Gasteiger partial charge in [0.25, 0.3) is 0 Å². The Balaban J connectivity index is 0.000000364. The molecule has 4 aromatic rings. The molecule has 0 bridgehead atoms. The van der Waals surface area contributed by atoms with E-state index in [1.54, 1.807) is 48.5 Å². The van der Waals surface area contributed by atoms with E-state index in [1.807, 2.05) is 23.6 Å². The summed E-state index contributed by atoms with van der Waals surface area (Å²) in [5, 5.41) is 35.4. The van der Waals surface area contributed by atoms with Crippen molar-refractivity contribution in [2.75, 3.05) is 26.2 Å². The first kappa shape index (κ1) is 50.5. The number of aliphatic carboxylic acids is 2. The molecule has 18 heteroatoms. The Hall–Kier alpha value is -5.48. The van der Waals surface area contributed by atoms with Gasteiger partial charge < -0.3 is 30.2 Å². The van der Waals surface area contributed by atoms with Crippen molar-refractivity contribution in [2.45, 2.75) is 51.9 Å². The molecule has 0 unspecified atom stereocenters. The van der Waals surface area contributed by atoms with Gasteiger partial charge in [0.2, 0.25) is 11.8 Å². The van der Waals surface area contributed by atoms with Crippen molar-refractivity contribution in [3.05, 3.63) is 129 Å². The Labute approximate surface area is 340 Å². The molecule has 0 saturated carbocycles. The van der Waals surface area contributed by atoms with Gasteiger partial charge >= 0.3 is 24.3 Å². The molecule has 0 spiro atoms. The molecule has 0 aliphatic carbocycles. The van der Waals surface area contributed by atoms with E-state index in [1.165, 1.54) is 12.1 Å². The van der Waals surface area contributed by atoms with Crippen LogP contribution in [0.25, 0.3) is 0 Å². The lowest BCUT2D eigenvalue weighted by Crippen LogP contribution is -2.50. The van der Waals surface area contributed by atoms with Gasteiger partial charge in [0.05, 0.1) is 24.0 Å². The van der Waals surface area contributed by atoms with E-state index in [-0.39, 0.29) is 36.2 Å². The molecule has 1 fully saturated rings. The van der Waals surface area contributed by atoms with Gasteiger partial charge in [0.15, 0.2) is 0 Å². The third-order valence-corrected chi connectivity index (χ3v) is 7.98. The van der Waals surface area contributed by atoms with E-state index in [9.17, 15) is 45.5 Å². The van der Waals surface area contributed by atoms with E-state index in [0.29, 0.717) is 61.2 Å². The molecule has 1 saturated heterocycles. The SMILES string of the molecule is CCC(=O)N1CCN(C(=O)CC)CC1.O=C(O)Cc1ccc(Cl)cc1.O=C(O)Cc1ccc(Cl)cc1.Oc1cccc(C(F)(F)F)c1.Oc1cccc(C(F)(F)F)c1. The maximum Gasteiger partial charge on any atom is 0.416 e. The van der Waals surface area contributed by atoms with Gasteiger partial charge in [-0.15, -0.1) is 0 Å². The van der Waals surface area contributed by atoms with Crippen LogP contribution in [0.5, 0.6) is 11.5 Å². The highest BCUT2D eigenvalue weighted by atomic mass is 35.5. The lowest BCUT2D eigenvalue weighted by Gasteiger charge is -2.34. The molecule has 10 nitrogen and oxygen atoms in total. The number of piperazine rings is 1. The smallest absolute Gasteiger partial charge is 0.416 e. The Morgan fingerprint density at radius 3 is 1.05 bits per heavy atom. The second-order valence-corrected chi connectivity index (χ2v) is 12.8. The van der Waals surface area contributed by atoms with Crippen molar-refractivity contribution in [1.29, 1.82) is 0 Å². The molecule has 316 valence electrons. The summed E-state index contributed by atoms with van der Waals surface area (Å²) in [6.07, 6.45) is -7.53. The van der Waals surface area contributed by atoms with Crippen molar-refractivity contribution in [3.8, 4) is 11.5 Å². The fraction of sp³-hybridized carbons (Fsp3) is 0.300. The van der Waals surface area contributed by atoms with E-state index >= 15 is 0 Å². The van der Waals surface area contributed by atoms with Crippen molar-refractivity contribution >= 4 is 47.0 Å². The molecule has 4 aromatic carbocycles. The highest BCUT2D eigenvalue weighted by Crippen LogP contribution is 2.31. The third kappa shape index (κ3) is 21.2. The molecular formula is C40H42Cl2F6N2O8. The van der Waals surface area contributed by atoms with Crippen LogP contribution < -0.4 is 0 Å². The zero-order valence-electron chi connectivity index (χ0n) is 31.2. The van der Waals surface area contributed by atoms with Gasteiger partial charge in [0.1, 0.15) is 11.5 Å². The number of phenolic OH excluding ortho intramolecular Hbond substituents is 2. The molecule has 1 aliphatic rings. The Bertz CT molecular complexity index is 1750. The number of alkyl halides is 6. The predicted molar refractivity (Wildman–Crippen MR) is 206 cm³/mol. The quantitative estimate of drug-likeness (QED) is 0.140. The summed E-state index contributed by atoms with van der Waals surface area (Å²) in [6, 6.07) is 21.4. The van der Waals surface area contributed by atoms with Crippen molar-refractivity contribution < 1.29 is 65.9 Å². The largest absolute Gasteiger partial charge is 0.508 e. The van der Waals surface area contributed by atoms with Crippen LogP contribution in [-0.4, -0.2) is 80.2 Å². The van der Waals surface area contributed by atoms with Crippen LogP contribution in [0, 0.1) is 0 Å². The van der Waals surface area contributed by atoms with Crippen molar-refractivity contribution in [3.63, 3.8) is 0 Å². The fourth-order valence-corrected chi connectivity index (χ4v) is 4.82. The molecule has 58 heavy (non-hydrogen) atoms. The number of amides is 2. The number of aromatic hydroxyl groups is 2. The average molecular weight is 864 g/mol. The third-order valence-electron chi connectivity index (χ3n) is 7.47. The second kappa shape index (κ2) is 25.0. The number of carboxylic acids is 2. The lowest BCUT2D eigenvalue weighted by atomic mass is 10.2. The standard InChI is InChI=1S/C10H18N2O2.2C8H7ClO2.2C7H5F3O/c1-3-9(13)11-5-7-12(8-6-11)10(14)4-2;2*9-7-3-1-6(2-4-7)5-8(10)11;2*8-7(9,10)5-2-1-3-6(11)4-5/h3-8H2,1-2H3;2*1-4H,5H2,(H,10,11);2*1-4,11H. The minimum Gasteiger partial charge on any atom is -0.508 e. The van der Waals surface area contributed by atoms with Gasteiger partial charge in [-0.1, -0.05) is 73.4 Å². The van der Waals surface area contributed by atoms with Crippen LogP contribution in [0.2, 0.25) is 10.0 Å². The van der Waals surface area contributed by atoms with Crippen LogP contribution in [0.3, 0.4) is 0 Å². The van der Waals surface area contributed by atoms with Gasteiger partial charge in [-0.2, -0.15) is 26.3 Å². The van der Waals surface area contributed by atoms with Crippen molar-refractivity contribution in [1.82, 2.24) is 9.80 Å². The first-order valence-electron chi connectivity index (χ1n) is 17.3. The minimum atomic E-state index is -4.38. The molecule has 0 aromatic heterocycles. The maximum absolute atomic E-state index is 11.9. The number of nitrogens with zero attached hydrogens (tertiary/aromatic N) is 2. The molecule has 4 N–H and O–H groups in total. The first-order valence-corrected chi connectivity index (χ1v) is 18.0. The summed E-state index contributed by atoms with van der Waals surface area (Å²) in [4.78, 5) is 46.8. The number of carbonyl (C=O) groups is 4. The van der Waals surface area contributed by atoms with Crippen molar-refractivity contribution in [2.24, 2.45) is 0 Å². The summed E-state index contributed by atoms with van der Waals surface area (Å²) in [7, 11) is 0. The van der Waals surface area contributed by atoms with E-state index in [0.717, 1.165) is 35.4 Å². The summed E-state index contributed by atoms with van der Waals surface area (Å²) in [6.45, 7) is 6.51. The normalized spacial score (nSPS) is 12.1. The number of rotatable bonds is 6. The molecule has 0 radical (unpaired) electrons. The minimum absolute atomic E-state index is 0.0527. The first-order chi connectivity index (χ1) is 27.0. The zero-order valence-corrected chi connectivity index (χ0v) is 32.7.